The maximum absolute atomic E-state index is 14.1. The fourth-order valence-corrected chi connectivity index (χ4v) is 3.68. The van der Waals surface area contributed by atoms with E-state index in [0.29, 0.717) is 10.7 Å². The molecule has 0 unspecified atom stereocenters. The normalized spacial score (nSPS) is 12.5. The number of sulfonamides is 1. The Morgan fingerprint density at radius 2 is 1.88 bits per heavy atom. The van der Waals surface area contributed by atoms with Gasteiger partial charge in [0.25, 0.3) is 0 Å². The van der Waals surface area contributed by atoms with Crippen LogP contribution in [0, 0.1) is 12.7 Å². The quantitative estimate of drug-likeness (QED) is 0.856. The van der Waals surface area contributed by atoms with Gasteiger partial charge in [0.05, 0.1) is 11.9 Å². The number of hydrogen-bond donors (Lipinski definition) is 1. The number of para-hydroxylation sites is 1. The first-order valence-corrected chi connectivity index (χ1v) is 9.65. The molecule has 2 aromatic rings. The molecule has 25 heavy (non-hydrogen) atoms. The topological polar surface area (TPSA) is 66.5 Å². The average molecular weight is 385 g/mol. The van der Waals surface area contributed by atoms with Gasteiger partial charge in [-0.2, -0.15) is 0 Å². The molecule has 0 spiro atoms. The molecule has 2 rings (SSSR count). The number of amides is 1. The Morgan fingerprint density at radius 1 is 1.24 bits per heavy atom. The van der Waals surface area contributed by atoms with Crippen molar-refractivity contribution in [2.24, 2.45) is 0 Å². The summed E-state index contributed by atoms with van der Waals surface area (Å²) < 4.78 is 39.1. The molecule has 0 aliphatic heterocycles. The summed E-state index contributed by atoms with van der Waals surface area (Å²) in [7, 11) is -3.89. The largest absolute Gasteiger partial charge is 0.324 e. The van der Waals surface area contributed by atoms with E-state index >= 15 is 0 Å². The molecule has 0 aliphatic carbocycles. The van der Waals surface area contributed by atoms with Crippen LogP contribution in [0.15, 0.2) is 42.5 Å². The monoisotopic (exact) mass is 384 g/mol. The molecule has 0 fully saturated rings. The van der Waals surface area contributed by atoms with E-state index in [4.69, 9.17) is 11.6 Å². The summed E-state index contributed by atoms with van der Waals surface area (Å²) in [5.41, 5.74) is 1.08. The van der Waals surface area contributed by atoms with Gasteiger partial charge in [0.1, 0.15) is 11.9 Å². The minimum absolute atomic E-state index is 0.186. The Labute approximate surface area is 151 Å². The van der Waals surface area contributed by atoms with Gasteiger partial charge in [0.15, 0.2) is 0 Å². The highest BCUT2D eigenvalue weighted by molar-refractivity contribution is 7.92. The van der Waals surface area contributed by atoms with E-state index in [2.05, 4.69) is 5.32 Å². The highest BCUT2D eigenvalue weighted by atomic mass is 35.5. The van der Waals surface area contributed by atoms with Gasteiger partial charge in [-0.3, -0.25) is 9.10 Å². The van der Waals surface area contributed by atoms with Crippen LogP contribution >= 0.6 is 11.6 Å². The van der Waals surface area contributed by atoms with E-state index in [1.807, 2.05) is 6.92 Å². The number of rotatable bonds is 5. The van der Waals surface area contributed by atoms with Gasteiger partial charge in [-0.05, 0) is 43.7 Å². The molecule has 1 amide bonds. The molecule has 0 saturated heterocycles. The summed E-state index contributed by atoms with van der Waals surface area (Å²) in [6, 6.07) is 9.18. The molecule has 0 saturated carbocycles. The minimum Gasteiger partial charge on any atom is -0.324 e. The van der Waals surface area contributed by atoms with Crippen LogP contribution in [0.3, 0.4) is 0 Å². The van der Waals surface area contributed by atoms with E-state index in [1.54, 1.807) is 18.2 Å². The highest BCUT2D eigenvalue weighted by Crippen LogP contribution is 2.25. The summed E-state index contributed by atoms with van der Waals surface area (Å²) in [6.45, 7) is 3.21. The number of hydrogen-bond acceptors (Lipinski definition) is 3. The van der Waals surface area contributed by atoms with Crippen molar-refractivity contribution in [2.75, 3.05) is 15.9 Å². The summed E-state index contributed by atoms with van der Waals surface area (Å²) in [6.07, 6.45) is 0.923. The van der Waals surface area contributed by atoms with Crippen molar-refractivity contribution in [3.63, 3.8) is 0 Å². The first-order valence-electron chi connectivity index (χ1n) is 7.42. The lowest BCUT2D eigenvalue weighted by atomic mass is 10.2. The Morgan fingerprint density at radius 3 is 2.44 bits per heavy atom. The number of halogens is 2. The molecule has 2 aromatic carbocycles. The van der Waals surface area contributed by atoms with Crippen LogP contribution in [0.4, 0.5) is 15.8 Å². The van der Waals surface area contributed by atoms with E-state index in [9.17, 15) is 17.6 Å². The molecule has 0 aromatic heterocycles. The second-order valence-corrected chi connectivity index (χ2v) is 7.91. The van der Waals surface area contributed by atoms with Gasteiger partial charge in [0.2, 0.25) is 15.9 Å². The van der Waals surface area contributed by atoms with E-state index in [1.165, 1.54) is 25.1 Å². The molecule has 1 atom stereocenters. The maximum Gasteiger partial charge on any atom is 0.247 e. The van der Waals surface area contributed by atoms with Gasteiger partial charge in [-0.15, -0.1) is 0 Å². The van der Waals surface area contributed by atoms with Crippen LogP contribution in [0.1, 0.15) is 12.5 Å². The molecule has 0 aliphatic rings. The Kier molecular flexibility index (Phi) is 5.69. The molecule has 0 heterocycles. The third kappa shape index (κ3) is 4.49. The zero-order valence-electron chi connectivity index (χ0n) is 14.0. The van der Waals surface area contributed by atoms with Gasteiger partial charge in [-0.1, -0.05) is 29.8 Å². The Bertz CT molecular complexity index is 903. The van der Waals surface area contributed by atoms with Crippen LogP contribution in [0.5, 0.6) is 0 Å². The first-order chi connectivity index (χ1) is 11.6. The van der Waals surface area contributed by atoms with Crippen LogP contribution in [0.2, 0.25) is 5.02 Å². The zero-order valence-corrected chi connectivity index (χ0v) is 15.5. The lowest BCUT2D eigenvalue weighted by Gasteiger charge is -2.28. The SMILES string of the molecule is Cc1ccc(NC(=O)[C@@H](C)N(c2ccccc2F)S(C)(=O)=O)cc1Cl. The number of carbonyl (C=O) groups is 1. The van der Waals surface area contributed by atoms with Gasteiger partial charge in [-0.25, -0.2) is 12.8 Å². The number of aryl methyl sites for hydroxylation is 1. The predicted molar refractivity (Wildman–Crippen MR) is 98.0 cm³/mol. The average Bonchev–Trinajstić information content (AvgIpc) is 2.51. The van der Waals surface area contributed by atoms with Crippen molar-refractivity contribution in [2.45, 2.75) is 19.9 Å². The van der Waals surface area contributed by atoms with E-state index in [0.717, 1.165) is 22.2 Å². The lowest BCUT2D eigenvalue weighted by Crippen LogP contribution is -2.45. The molecule has 0 bridgehead atoms. The fraction of sp³-hybridized carbons (Fsp3) is 0.235. The summed E-state index contributed by atoms with van der Waals surface area (Å²) in [4.78, 5) is 12.5. The number of nitrogens with one attached hydrogen (secondary N) is 1. The predicted octanol–water partition coefficient (Wildman–Crippen LogP) is 3.58. The molecule has 0 radical (unpaired) electrons. The first kappa shape index (κ1) is 19.2. The smallest absolute Gasteiger partial charge is 0.247 e. The maximum atomic E-state index is 14.1. The molecular weight excluding hydrogens is 367 g/mol. The molecule has 1 N–H and O–H groups in total. The number of carbonyl (C=O) groups excluding carboxylic acids is 1. The lowest BCUT2D eigenvalue weighted by molar-refractivity contribution is -0.116. The zero-order chi connectivity index (χ0) is 18.8. The van der Waals surface area contributed by atoms with E-state index < -0.39 is 27.8 Å². The second kappa shape index (κ2) is 7.41. The standard InChI is InChI=1S/C17H18ClFN2O3S/c1-11-8-9-13(10-14(11)18)20-17(22)12(2)21(25(3,23)24)16-7-5-4-6-15(16)19/h4-10,12H,1-3H3,(H,20,22)/t12-/m1/s1. The molecule has 5 nitrogen and oxygen atoms in total. The van der Waals surface area contributed by atoms with E-state index in [-0.39, 0.29) is 5.69 Å². The number of benzene rings is 2. The minimum atomic E-state index is -3.89. The van der Waals surface area contributed by atoms with Crippen LogP contribution < -0.4 is 9.62 Å². The Hall–Kier alpha value is -2.12. The highest BCUT2D eigenvalue weighted by Gasteiger charge is 2.31. The summed E-state index contributed by atoms with van der Waals surface area (Å²) in [5.74, 6) is -1.33. The van der Waals surface area contributed by atoms with Crippen molar-refractivity contribution in [1.82, 2.24) is 0 Å². The number of anilines is 2. The van der Waals surface area contributed by atoms with Crippen LogP contribution in [-0.4, -0.2) is 26.6 Å². The summed E-state index contributed by atoms with van der Waals surface area (Å²) >= 11 is 6.02. The van der Waals surface area contributed by atoms with Gasteiger partial charge in [0, 0.05) is 10.7 Å². The van der Waals surface area contributed by atoms with Crippen molar-refractivity contribution in [3.8, 4) is 0 Å². The van der Waals surface area contributed by atoms with Crippen molar-refractivity contribution in [1.29, 1.82) is 0 Å². The second-order valence-electron chi connectivity index (χ2n) is 5.64. The molecule has 134 valence electrons. The Balaban J connectivity index is 2.33. The van der Waals surface area contributed by atoms with Crippen molar-refractivity contribution < 1.29 is 17.6 Å². The number of nitrogens with zero attached hydrogens (tertiary/aromatic N) is 1. The van der Waals surface area contributed by atoms with Crippen LogP contribution in [-0.2, 0) is 14.8 Å². The molecular formula is C17H18ClFN2O3S. The van der Waals surface area contributed by atoms with Crippen molar-refractivity contribution in [3.05, 3.63) is 58.9 Å². The van der Waals surface area contributed by atoms with Crippen LogP contribution in [0.25, 0.3) is 0 Å². The third-order valence-corrected chi connectivity index (χ3v) is 5.25. The fourth-order valence-electron chi connectivity index (χ4n) is 2.33. The third-order valence-electron chi connectivity index (χ3n) is 3.62. The molecule has 8 heteroatoms. The van der Waals surface area contributed by atoms with Gasteiger partial charge >= 0.3 is 0 Å². The van der Waals surface area contributed by atoms with Gasteiger partial charge < -0.3 is 5.32 Å². The summed E-state index contributed by atoms with van der Waals surface area (Å²) in [5, 5.41) is 3.07. The van der Waals surface area contributed by atoms with Crippen molar-refractivity contribution >= 4 is 38.9 Å².